The average molecular weight is 274 g/mol. The van der Waals surface area contributed by atoms with Gasteiger partial charge in [-0.15, -0.1) is 0 Å². The van der Waals surface area contributed by atoms with E-state index in [-0.39, 0.29) is 0 Å². The van der Waals surface area contributed by atoms with E-state index in [1.54, 1.807) is 0 Å². The van der Waals surface area contributed by atoms with Crippen LogP contribution in [0.15, 0.2) is 0 Å². The summed E-state index contributed by atoms with van der Waals surface area (Å²) in [6.07, 6.45) is 5.84. The van der Waals surface area contributed by atoms with Crippen LogP contribution in [0.25, 0.3) is 0 Å². The first-order valence-corrected chi connectivity index (χ1v) is 9.44. The summed E-state index contributed by atoms with van der Waals surface area (Å²) < 4.78 is 0. The highest BCUT2D eigenvalue weighted by atomic mass is 32.2. The highest BCUT2D eigenvalue weighted by molar-refractivity contribution is 8.06. The molecule has 1 aliphatic heterocycles. The molecule has 2 aliphatic rings. The van der Waals surface area contributed by atoms with Crippen LogP contribution in [0.4, 0.5) is 0 Å². The minimum absolute atomic E-state index is 0.778. The molecule has 2 fully saturated rings. The van der Waals surface area contributed by atoms with Crippen LogP contribution in [0.1, 0.15) is 39.5 Å². The lowest BCUT2D eigenvalue weighted by Gasteiger charge is -2.39. The molecule has 100 valence electrons. The van der Waals surface area contributed by atoms with E-state index in [0.29, 0.717) is 0 Å². The zero-order valence-electron chi connectivity index (χ0n) is 11.3. The van der Waals surface area contributed by atoms with Gasteiger partial charge < -0.3 is 5.32 Å². The molecule has 1 heterocycles. The lowest BCUT2D eigenvalue weighted by Crippen LogP contribution is -2.47. The molecule has 17 heavy (non-hydrogen) atoms. The van der Waals surface area contributed by atoms with Crippen molar-refractivity contribution in [1.29, 1.82) is 0 Å². The number of thioether (sulfide) groups is 2. The Morgan fingerprint density at radius 3 is 2.82 bits per heavy atom. The zero-order chi connectivity index (χ0) is 12.1. The van der Waals surface area contributed by atoms with E-state index in [1.165, 1.54) is 42.9 Å². The van der Waals surface area contributed by atoms with Crippen LogP contribution in [-0.4, -0.2) is 35.1 Å². The van der Waals surface area contributed by atoms with Gasteiger partial charge >= 0.3 is 0 Å². The van der Waals surface area contributed by atoms with Gasteiger partial charge in [0.1, 0.15) is 0 Å². The van der Waals surface area contributed by atoms with Crippen LogP contribution in [-0.2, 0) is 0 Å². The summed E-state index contributed by atoms with van der Waals surface area (Å²) in [7, 11) is 0. The van der Waals surface area contributed by atoms with E-state index in [4.69, 9.17) is 0 Å². The van der Waals surface area contributed by atoms with Crippen LogP contribution in [0.5, 0.6) is 0 Å². The summed E-state index contributed by atoms with van der Waals surface area (Å²) in [5.74, 6) is 5.99. The van der Waals surface area contributed by atoms with Crippen LogP contribution in [0.2, 0.25) is 0 Å². The summed E-state index contributed by atoms with van der Waals surface area (Å²) >= 11 is 4.38. The molecule has 0 aromatic heterocycles. The molecule has 1 nitrogen and oxygen atoms in total. The largest absolute Gasteiger partial charge is 0.313 e. The van der Waals surface area contributed by atoms with E-state index < -0.39 is 0 Å². The molecule has 0 spiro atoms. The maximum absolute atomic E-state index is 3.81. The highest BCUT2D eigenvalue weighted by Crippen LogP contribution is 2.36. The van der Waals surface area contributed by atoms with Gasteiger partial charge in [-0.2, -0.15) is 23.5 Å². The average Bonchev–Trinajstić information content (AvgIpc) is 2.37. The lowest BCUT2D eigenvalue weighted by molar-refractivity contribution is 0.223. The van der Waals surface area contributed by atoms with Crippen molar-refractivity contribution in [3.05, 3.63) is 0 Å². The standard InChI is InChI=1S/C14H27NS2/c1-3-15-14(13-10-16-7-8-17-13)12-6-4-5-11(2)9-12/h11-15H,3-10H2,1-2H3. The second-order valence-corrected chi connectivity index (χ2v) is 8.10. The molecule has 0 aromatic carbocycles. The fourth-order valence-corrected chi connectivity index (χ4v) is 6.32. The van der Waals surface area contributed by atoms with Crippen LogP contribution >= 0.6 is 23.5 Å². The first-order chi connectivity index (χ1) is 8.31. The van der Waals surface area contributed by atoms with Crippen molar-refractivity contribution in [3.8, 4) is 0 Å². The van der Waals surface area contributed by atoms with Gasteiger partial charge in [-0.05, 0) is 31.2 Å². The molecular weight excluding hydrogens is 246 g/mol. The third kappa shape index (κ3) is 4.07. The monoisotopic (exact) mass is 273 g/mol. The number of rotatable bonds is 4. The van der Waals surface area contributed by atoms with Crippen molar-refractivity contribution in [2.75, 3.05) is 23.8 Å². The second-order valence-electron chi connectivity index (χ2n) is 5.60. The second kappa shape index (κ2) is 7.30. The predicted octanol–water partition coefficient (Wildman–Crippen LogP) is 3.64. The number of hydrogen-bond acceptors (Lipinski definition) is 3. The summed E-state index contributed by atoms with van der Waals surface area (Å²) in [5.41, 5.74) is 0. The molecule has 4 unspecified atom stereocenters. The molecule has 0 radical (unpaired) electrons. The van der Waals surface area contributed by atoms with E-state index in [0.717, 1.165) is 29.7 Å². The van der Waals surface area contributed by atoms with Gasteiger partial charge in [0.2, 0.25) is 0 Å². The normalized spacial score (nSPS) is 36.7. The topological polar surface area (TPSA) is 12.0 Å². The molecule has 2 rings (SSSR count). The minimum Gasteiger partial charge on any atom is -0.313 e. The van der Waals surface area contributed by atoms with Crippen molar-refractivity contribution in [2.24, 2.45) is 11.8 Å². The summed E-state index contributed by atoms with van der Waals surface area (Å²) in [6.45, 7) is 5.84. The molecule has 0 amide bonds. The predicted molar refractivity (Wildman–Crippen MR) is 82.2 cm³/mol. The first-order valence-electron chi connectivity index (χ1n) is 7.24. The fourth-order valence-electron chi connectivity index (χ4n) is 3.36. The minimum atomic E-state index is 0.778. The number of hydrogen-bond donors (Lipinski definition) is 1. The van der Waals surface area contributed by atoms with Crippen molar-refractivity contribution in [3.63, 3.8) is 0 Å². The Hall–Kier alpha value is 0.660. The van der Waals surface area contributed by atoms with Gasteiger partial charge in [-0.3, -0.25) is 0 Å². The smallest absolute Gasteiger partial charge is 0.0294 e. The Labute approximate surface area is 115 Å². The van der Waals surface area contributed by atoms with Crippen LogP contribution < -0.4 is 5.32 Å². The van der Waals surface area contributed by atoms with E-state index in [9.17, 15) is 0 Å². The van der Waals surface area contributed by atoms with Gasteiger partial charge in [0.15, 0.2) is 0 Å². The molecular formula is C14H27NS2. The van der Waals surface area contributed by atoms with Crippen molar-refractivity contribution < 1.29 is 0 Å². The lowest BCUT2D eigenvalue weighted by atomic mass is 9.77. The SMILES string of the molecule is CCNC(C1CCCC(C)C1)C1CSCCS1. The van der Waals surface area contributed by atoms with Gasteiger partial charge in [0.05, 0.1) is 0 Å². The summed E-state index contributed by atoms with van der Waals surface area (Å²) in [5, 5.41) is 4.67. The molecule has 1 N–H and O–H groups in total. The highest BCUT2D eigenvalue weighted by Gasteiger charge is 2.32. The molecule has 3 heteroatoms. The third-order valence-electron chi connectivity index (χ3n) is 4.17. The molecule has 0 aromatic rings. The maximum atomic E-state index is 3.81. The van der Waals surface area contributed by atoms with Gasteiger partial charge in [0, 0.05) is 28.6 Å². The Balaban J connectivity index is 1.94. The quantitative estimate of drug-likeness (QED) is 0.840. The Bertz CT molecular complexity index is 216. The van der Waals surface area contributed by atoms with E-state index >= 15 is 0 Å². The van der Waals surface area contributed by atoms with Crippen LogP contribution in [0.3, 0.4) is 0 Å². The Morgan fingerprint density at radius 1 is 1.29 bits per heavy atom. The van der Waals surface area contributed by atoms with Gasteiger partial charge in [0.25, 0.3) is 0 Å². The zero-order valence-corrected chi connectivity index (χ0v) is 12.9. The van der Waals surface area contributed by atoms with Crippen molar-refractivity contribution >= 4 is 23.5 Å². The van der Waals surface area contributed by atoms with Crippen molar-refractivity contribution in [1.82, 2.24) is 5.32 Å². The van der Waals surface area contributed by atoms with Crippen LogP contribution in [0, 0.1) is 11.8 Å². The summed E-state index contributed by atoms with van der Waals surface area (Å²) in [4.78, 5) is 0. The fraction of sp³-hybridized carbons (Fsp3) is 1.00. The molecule has 4 atom stereocenters. The van der Waals surface area contributed by atoms with Gasteiger partial charge in [-0.25, -0.2) is 0 Å². The maximum Gasteiger partial charge on any atom is 0.0294 e. The van der Waals surface area contributed by atoms with E-state index in [1.807, 2.05) is 0 Å². The Morgan fingerprint density at radius 2 is 2.18 bits per heavy atom. The molecule has 1 aliphatic carbocycles. The Kier molecular flexibility index (Phi) is 6.04. The summed E-state index contributed by atoms with van der Waals surface area (Å²) in [6, 6.07) is 0.778. The number of nitrogens with one attached hydrogen (secondary N) is 1. The molecule has 0 bridgehead atoms. The molecule has 1 saturated carbocycles. The van der Waals surface area contributed by atoms with Crippen molar-refractivity contribution in [2.45, 2.75) is 50.8 Å². The molecule has 1 saturated heterocycles. The van der Waals surface area contributed by atoms with Gasteiger partial charge in [-0.1, -0.05) is 26.7 Å². The van der Waals surface area contributed by atoms with E-state index in [2.05, 4.69) is 42.7 Å². The third-order valence-corrected chi connectivity index (χ3v) is 7.05. The first kappa shape index (κ1) is 14.1.